The summed E-state index contributed by atoms with van der Waals surface area (Å²) in [5.74, 6) is -0.241. The number of hydrogen-bond acceptors (Lipinski definition) is 4. The van der Waals surface area contributed by atoms with Crippen LogP contribution < -0.4 is 5.43 Å². The fourth-order valence-electron chi connectivity index (χ4n) is 1.97. The summed E-state index contributed by atoms with van der Waals surface area (Å²) < 4.78 is 1.73. The lowest BCUT2D eigenvalue weighted by Crippen LogP contribution is -2.17. The summed E-state index contributed by atoms with van der Waals surface area (Å²) in [6, 6.07) is 15.6. The number of amides is 1. The van der Waals surface area contributed by atoms with Crippen LogP contribution in [0.25, 0.3) is 5.69 Å². The number of aromatic nitrogens is 2. The largest absolute Gasteiger partial charge is 0.508 e. The molecule has 0 radical (unpaired) electrons. The number of hydrogen-bond donors (Lipinski definition) is 2. The van der Waals surface area contributed by atoms with Gasteiger partial charge in [-0.2, -0.15) is 10.2 Å². The van der Waals surface area contributed by atoms with Crippen molar-refractivity contribution in [3.05, 3.63) is 78.1 Å². The first-order valence-electron chi connectivity index (χ1n) is 6.95. The molecule has 1 heterocycles. The number of nitrogens with zero attached hydrogens (tertiary/aromatic N) is 3. The first kappa shape index (κ1) is 14.5. The van der Waals surface area contributed by atoms with Gasteiger partial charge in [0.15, 0.2) is 0 Å². The molecule has 3 aromatic rings. The number of rotatable bonds is 4. The number of para-hydroxylation sites is 1. The Morgan fingerprint density at radius 1 is 1.13 bits per heavy atom. The maximum atomic E-state index is 11.8. The van der Waals surface area contributed by atoms with Crippen LogP contribution in [-0.4, -0.2) is 27.0 Å². The molecule has 0 bridgehead atoms. The Morgan fingerprint density at radius 3 is 2.61 bits per heavy atom. The molecule has 1 aromatic heterocycles. The van der Waals surface area contributed by atoms with Crippen molar-refractivity contribution in [2.75, 3.05) is 0 Å². The van der Waals surface area contributed by atoms with Crippen LogP contribution >= 0.6 is 0 Å². The molecule has 0 atom stereocenters. The fraction of sp³-hybridized carbons (Fsp3) is 0. The predicted octanol–water partition coefficient (Wildman–Crippen LogP) is 2.34. The average Bonchev–Trinajstić information content (AvgIpc) is 3.05. The number of carbonyl (C=O) groups excluding carboxylic acids is 1. The van der Waals surface area contributed by atoms with Crippen LogP contribution in [0.3, 0.4) is 0 Å². The summed E-state index contributed by atoms with van der Waals surface area (Å²) in [5, 5.41) is 17.3. The molecular formula is C17H14N4O2. The number of carbonyl (C=O) groups is 1. The molecule has 23 heavy (non-hydrogen) atoms. The minimum Gasteiger partial charge on any atom is -0.508 e. The van der Waals surface area contributed by atoms with E-state index in [-0.39, 0.29) is 11.7 Å². The molecule has 1 amide bonds. The molecule has 3 rings (SSSR count). The molecule has 2 N–H and O–H groups in total. The van der Waals surface area contributed by atoms with Gasteiger partial charge in [0.2, 0.25) is 0 Å². The van der Waals surface area contributed by atoms with Crippen LogP contribution in [0.5, 0.6) is 5.75 Å². The Labute approximate surface area is 132 Å². The molecule has 0 spiro atoms. The number of benzene rings is 2. The molecule has 0 saturated carbocycles. The van der Waals surface area contributed by atoms with Crippen molar-refractivity contribution in [2.24, 2.45) is 5.10 Å². The predicted molar refractivity (Wildman–Crippen MR) is 86.7 cm³/mol. The lowest BCUT2D eigenvalue weighted by atomic mass is 10.2. The summed E-state index contributed by atoms with van der Waals surface area (Å²) in [6.45, 7) is 0. The van der Waals surface area contributed by atoms with Gasteiger partial charge in [0.25, 0.3) is 5.91 Å². The van der Waals surface area contributed by atoms with Gasteiger partial charge in [0.05, 0.1) is 18.1 Å². The number of hydrazone groups is 1. The monoisotopic (exact) mass is 306 g/mol. The van der Waals surface area contributed by atoms with Crippen molar-refractivity contribution in [2.45, 2.75) is 0 Å². The maximum Gasteiger partial charge on any atom is 0.271 e. The standard InChI is InChI=1S/C17H14N4O2/c22-16-8-6-14(7-9-16)17(23)20-18-10-13-11-19-21(12-13)15-4-2-1-3-5-15/h1-12,22H,(H,20,23)/b18-10-. The van der Waals surface area contributed by atoms with Crippen LogP contribution in [0.2, 0.25) is 0 Å². The van der Waals surface area contributed by atoms with Gasteiger partial charge in [-0.3, -0.25) is 4.79 Å². The Hall–Kier alpha value is -3.41. The van der Waals surface area contributed by atoms with E-state index in [1.54, 1.807) is 10.9 Å². The Kier molecular flexibility index (Phi) is 4.15. The number of aromatic hydroxyl groups is 1. The van der Waals surface area contributed by atoms with E-state index in [0.29, 0.717) is 5.56 Å². The zero-order valence-corrected chi connectivity index (χ0v) is 12.1. The Bertz CT molecular complexity index is 823. The van der Waals surface area contributed by atoms with E-state index < -0.39 is 0 Å². The third-order valence-corrected chi connectivity index (χ3v) is 3.13. The van der Waals surface area contributed by atoms with E-state index in [0.717, 1.165) is 11.3 Å². The lowest BCUT2D eigenvalue weighted by Gasteiger charge is -1.99. The van der Waals surface area contributed by atoms with Crippen molar-refractivity contribution in [3.63, 3.8) is 0 Å². The second kappa shape index (κ2) is 6.57. The smallest absolute Gasteiger partial charge is 0.271 e. The third-order valence-electron chi connectivity index (χ3n) is 3.13. The van der Waals surface area contributed by atoms with Crippen LogP contribution in [0, 0.1) is 0 Å². The van der Waals surface area contributed by atoms with Crippen molar-refractivity contribution in [1.82, 2.24) is 15.2 Å². The van der Waals surface area contributed by atoms with Crippen molar-refractivity contribution in [3.8, 4) is 11.4 Å². The quantitative estimate of drug-likeness (QED) is 0.573. The topological polar surface area (TPSA) is 79.5 Å². The molecule has 6 nitrogen and oxygen atoms in total. The van der Waals surface area contributed by atoms with E-state index >= 15 is 0 Å². The zero-order chi connectivity index (χ0) is 16.1. The second-order valence-electron chi connectivity index (χ2n) is 4.80. The van der Waals surface area contributed by atoms with Gasteiger partial charge < -0.3 is 5.11 Å². The van der Waals surface area contributed by atoms with Gasteiger partial charge in [-0.1, -0.05) is 18.2 Å². The molecule has 0 saturated heterocycles. The minimum absolute atomic E-state index is 0.110. The van der Waals surface area contributed by atoms with E-state index in [1.165, 1.54) is 30.5 Å². The summed E-state index contributed by atoms with van der Waals surface area (Å²) >= 11 is 0. The number of phenolic OH excluding ortho intramolecular Hbond substituents is 1. The second-order valence-corrected chi connectivity index (χ2v) is 4.80. The van der Waals surface area contributed by atoms with Gasteiger partial charge >= 0.3 is 0 Å². The number of nitrogens with one attached hydrogen (secondary N) is 1. The molecule has 0 fully saturated rings. The van der Waals surface area contributed by atoms with E-state index in [2.05, 4.69) is 15.6 Å². The highest BCUT2D eigenvalue weighted by atomic mass is 16.3. The third kappa shape index (κ3) is 3.62. The molecule has 6 heteroatoms. The molecule has 0 aliphatic carbocycles. The highest BCUT2D eigenvalue weighted by Crippen LogP contribution is 2.09. The molecule has 0 aliphatic heterocycles. The normalized spacial score (nSPS) is 10.8. The van der Waals surface area contributed by atoms with Gasteiger partial charge in [-0.25, -0.2) is 10.1 Å². The van der Waals surface area contributed by atoms with E-state index in [9.17, 15) is 9.90 Å². The summed E-state index contributed by atoms with van der Waals surface area (Å²) in [6.07, 6.45) is 4.99. The van der Waals surface area contributed by atoms with Crippen molar-refractivity contribution in [1.29, 1.82) is 0 Å². The number of phenols is 1. The van der Waals surface area contributed by atoms with E-state index in [4.69, 9.17) is 0 Å². The molecule has 114 valence electrons. The Balaban J connectivity index is 1.63. The van der Waals surface area contributed by atoms with Gasteiger partial charge in [-0.05, 0) is 36.4 Å². The van der Waals surface area contributed by atoms with Crippen LogP contribution in [0.15, 0.2) is 72.1 Å². The Morgan fingerprint density at radius 2 is 1.87 bits per heavy atom. The first-order valence-corrected chi connectivity index (χ1v) is 6.95. The molecule has 0 aliphatic rings. The highest BCUT2D eigenvalue weighted by molar-refractivity contribution is 5.94. The molecule has 2 aromatic carbocycles. The van der Waals surface area contributed by atoms with Gasteiger partial charge in [0.1, 0.15) is 5.75 Å². The average molecular weight is 306 g/mol. The highest BCUT2D eigenvalue weighted by Gasteiger charge is 2.03. The van der Waals surface area contributed by atoms with Crippen LogP contribution in [0.1, 0.15) is 15.9 Å². The van der Waals surface area contributed by atoms with Gasteiger partial charge in [0, 0.05) is 17.3 Å². The van der Waals surface area contributed by atoms with Gasteiger partial charge in [-0.15, -0.1) is 0 Å². The zero-order valence-electron chi connectivity index (χ0n) is 12.1. The van der Waals surface area contributed by atoms with Crippen LogP contribution in [0.4, 0.5) is 0 Å². The molecular weight excluding hydrogens is 292 g/mol. The van der Waals surface area contributed by atoms with Crippen LogP contribution in [-0.2, 0) is 0 Å². The maximum absolute atomic E-state index is 11.8. The molecule has 0 unspecified atom stereocenters. The summed E-state index contributed by atoms with van der Waals surface area (Å²) in [7, 11) is 0. The minimum atomic E-state index is -0.350. The summed E-state index contributed by atoms with van der Waals surface area (Å²) in [5.41, 5.74) is 4.55. The fourth-order valence-corrected chi connectivity index (χ4v) is 1.97. The van der Waals surface area contributed by atoms with Crippen molar-refractivity contribution < 1.29 is 9.90 Å². The SMILES string of the molecule is O=C(N/N=C\c1cnn(-c2ccccc2)c1)c1ccc(O)cc1. The van der Waals surface area contributed by atoms with E-state index in [1.807, 2.05) is 36.5 Å². The first-order chi connectivity index (χ1) is 11.2. The van der Waals surface area contributed by atoms with Crippen molar-refractivity contribution >= 4 is 12.1 Å². The lowest BCUT2D eigenvalue weighted by molar-refractivity contribution is 0.0955. The summed E-state index contributed by atoms with van der Waals surface area (Å²) in [4.78, 5) is 11.8.